The zero-order valence-corrected chi connectivity index (χ0v) is 10.6. The van der Waals surface area contributed by atoms with Crippen molar-refractivity contribution in [1.82, 2.24) is 0 Å². The molecule has 0 aromatic heterocycles. The molecule has 0 amide bonds. The highest BCUT2D eigenvalue weighted by Gasteiger charge is 2.24. The highest BCUT2D eigenvalue weighted by atomic mass is 16.7. The molecule has 0 radical (unpaired) electrons. The molecule has 0 heterocycles. The van der Waals surface area contributed by atoms with Crippen LogP contribution < -0.4 is 5.73 Å². The van der Waals surface area contributed by atoms with Crippen LogP contribution in [0.25, 0.3) is 0 Å². The van der Waals surface area contributed by atoms with Crippen LogP contribution in [0.1, 0.15) is 41.0 Å². The fourth-order valence-electron chi connectivity index (χ4n) is 1.03. The lowest BCUT2D eigenvalue weighted by Gasteiger charge is -2.19. The zero-order chi connectivity index (χ0) is 12.9. The van der Waals surface area contributed by atoms with Gasteiger partial charge in [-0.2, -0.15) is 0 Å². The molecule has 5 heteroatoms. The molecule has 2 N–H and O–H groups in total. The Kier molecular flexibility index (Phi) is 5.44. The monoisotopic (exact) mass is 231 g/mol. The standard InChI is InChI=1S/C11H21NO4/c1-7(2)6-8(12)9(13)15-10(14)16-11(3,4)5/h7-8H,6,12H2,1-5H3/t8-/m0/s1. The highest BCUT2D eigenvalue weighted by Crippen LogP contribution is 2.09. The zero-order valence-electron chi connectivity index (χ0n) is 10.6. The maximum absolute atomic E-state index is 11.3. The second-order valence-electron chi connectivity index (χ2n) is 5.12. The summed E-state index contributed by atoms with van der Waals surface area (Å²) in [5.74, 6) is -0.482. The summed E-state index contributed by atoms with van der Waals surface area (Å²) >= 11 is 0. The summed E-state index contributed by atoms with van der Waals surface area (Å²) in [4.78, 5) is 22.5. The summed E-state index contributed by atoms with van der Waals surface area (Å²) in [6.07, 6.45) is -0.529. The summed E-state index contributed by atoms with van der Waals surface area (Å²) in [5, 5.41) is 0. The lowest BCUT2D eigenvalue weighted by molar-refractivity contribution is -0.143. The van der Waals surface area contributed by atoms with Crippen molar-refractivity contribution in [3.63, 3.8) is 0 Å². The largest absolute Gasteiger partial charge is 0.516 e. The predicted octanol–water partition coefficient (Wildman–Crippen LogP) is 1.84. The first-order valence-corrected chi connectivity index (χ1v) is 5.32. The first kappa shape index (κ1) is 14.9. The molecular formula is C11H21NO4. The van der Waals surface area contributed by atoms with E-state index in [9.17, 15) is 9.59 Å². The molecule has 0 unspecified atom stereocenters. The van der Waals surface area contributed by atoms with E-state index in [2.05, 4.69) is 4.74 Å². The Morgan fingerprint density at radius 3 is 2.12 bits per heavy atom. The summed E-state index contributed by atoms with van der Waals surface area (Å²) < 4.78 is 9.29. The third-order valence-electron chi connectivity index (χ3n) is 1.60. The molecule has 0 fully saturated rings. The van der Waals surface area contributed by atoms with Gasteiger partial charge in [0, 0.05) is 0 Å². The predicted molar refractivity (Wildman–Crippen MR) is 59.8 cm³/mol. The van der Waals surface area contributed by atoms with Gasteiger partial charge >= 0.3 is 12.1 Å². The number of ether oxygens (including phenoxy) is 2. The summed E-state index contributed by atoms with van der Waals surface area (Å²) in [5.41, 5.74) is 4.87. The van der Waals surface area contributed by atoms with E-state index in [4.69, 9.17) is 10.5 Å². The topological polar surface area (TPSA) is 78.6 Å². The molecule has 0 saturated heterocycles. The minimum atomic E-state index is -1.00. The van der Waals surface area contributed by atoms with Gasteiger partial charge in [0.05, 0.1) is 0 Å². The van der Waals surface area contributed by atoms with Gasteiger partial charge in [0.15, 0.2) is 0 Å². The van der Waals surface area contributed by atoms with Crippen molar-refractivity contribution in [2.45, 2.75) is 52.7 Å². The van der Waals surface area contributed by atoms with Crippen molar-refractivity contribution in [1.29, 1.82) is 0 Å². The molecular weight excluding hydrogens is 210 g/mol. The number of carbonyl (C=O) groups is 2. The van der Waals surface area contributed by atoms with Crippen LogP contribution in [0, 0.1) is 5.92 Å². The van der Waals surface area contributed by atoms with E-state index in [0.717, 1.165) is 0 Å². The Morgan fingerprint density at radius 2 is 1.75 bits per heavy atom. The molecule has 0 aromatic carbocycles. The second kappa shape index (κ2) is 5.84. The molecule has 0 aliphatic carbocycles. The van der Waals surface area contributed by atoms with Crippen molar-refractivity contribution >= 4 is 12.1 Å². The van der Waals surface area contributed by atoms with Crippen LogP contribution in [0.5, 0.6) is 0 Å². The van der Waals surface area contributed by atoms with Crippen LogP contribution in [0.2, 0.25) is 0 Å². The van der Waals surface area contributed by atoms with Gasteiger partial charge in [-0.15, -0.1) is 0 Å². The van der Waals surface area contributed by atoms with E-state index in [1.807, 2.05) is 13.8 Å². The van der Waals surface area contributed by atoms with E-state index in [1.54, 1.807) is 20.8 Å². The minimum absolute atomic E-state index is 0.265. The maximum Gasteiger partial charge on any atom is 0.516 e. The van der Waals surface area contributed by atoms with Crippen LogP contribution in [-0.4, -0.2) is 23.8 Å². The fraction of sp³-hybridized carbons (Fsp3) is 0.818. The number of esters is 1. The van der Waals surface area contributed by atoms with Gasteiger partial charge in [0.2, 0.25) is 0 Å². The second-order valence-corrected chi connectivity index (χ2v) is 5.12. The molecule has 94 valence electrons. The molecule has 0 rings (SSSR count). The number of nitrogens with two attached hydrogens (primary N) is 1. The van der Waals surface area contributed by atoms with E-state index in [0.29, 0.717) is 6.42 Å². The Morgan fingerprint density at radius 1 is 1.25 bits per heavy atom. The number of rotatable bonds is 3. The molecule has 0 saturated carbocycles. The van der Waals surface area contributed by atoms with Gasteiger partial charge < -0.3 is 15.2 Å². The molecule has 5 nitrogen and oxygen atoms in total. The SMILES string of the molecule is CC(C)C[C@H](N)C(=O)OC(=O)OC(C)(C)C. The lowest BCUT2D eigenvalue weighted by Crippen LogP contribution is -2.36. The van der Waals surface area contributed by atoms with Crippen molar-refractivity contribution in [3.8, 4) is 0 Å². The van der Waals surface area contributed by atoms with Gasteiger partial charge in [-0.1, -0.05) is 13.8 Å². The first-order valence-electron chi connectivity index (χ1n) is 5.32. The van der Waals surface area contributed by atoms with Gasteiger partial charge in [0.1, 0.15) is 11.6 Å². The number of hydrogen-bond acceptors (Lipinski definition) is 5. The van der Waals surface area contributed by atoms with Gasteiger partial charge in [0.25, 0.3) is 0 Å². The first-order chi connectivity index (χ1) is 7.11. The van der Waals surface area contributed by atoms with Crippen molar-refractivity contribution < 1.29 is 19.1 Å². The van der Waals surface area contributed by atoms with Crippen LogP contribution in [-0.2, 0) is 14.3 Å². The number of hydrogen-bond donors (Lipinski definition) is 1. The minimum Gasteiger partial charge on any atom is -0.428 e. The fourth-order valence-corrected chi connectivity index (χ4v) is 1.03. The Labute approximate surface area is 96.3 Å². The van der Waals surface area contributed by atoms with Crippen LogP contribution in [0.15, 0.2) is 0 Å². The average molecular weight is 231 g/mol. The Hall–Kier alpha value is -1.10. The Bertz CT molecular complexity index is 255. The quantitative estimate of drug-likeness (QED) is 0.592. The summed E-state index contributed by atoms with van der Waals surface area (Å²) in [7, 11) is 0. The van der Waals surface area contributed by atoms with Crippen molar-refractivity contribution in [3.05, 3.63) is 0 Å². The van der Waals surface area contributed by atoms with Crippen LogP contribution in [0.3, 0.4) is 0 Å². The molecule has 16 heavy (non-hydrogen) atoms. The lowest BCUT2D eigenvalue weighted by atomic mass is 10.1. The molecule has 0 aromatic rings. The molecule has 0 aliphatic heterocycles. The molecule has 0 aliphatic rings. The third kappa shape index (κ3) is 7.23. The van der Waals surface area contributed by atoms with Gasteiger partial charge in [-0.05, 0) is 33.1 Å². The summed E-state index contributed by atoms with van der Waals surface area (Å²) in [6.45, 7) is 8.92. The van der Waals surface area contributed by atoms with E-state index < -0.39 is 23.8 Å². The van der Waals surface area contributed by atoms with Crippen LogP contribution in [0.4, 0.5) is 4.79 Å². The third-order valence-corrected chi connectivity index (χ3v) is 1.60. The average Bonchev–Trinajstić information content (AvgIpc) is 1.98. The van der Waals surface area contributed by atoms with Crippen LogP contribution >= 0.6 is 0 Å². The smallest absolute Gasteiger partial charge is 0.428 e. The molecule has 0 spiro atoms. The van der Waals surface area contributed by atoms with Crippen molar-refractivity contribution in [2.24, 2.45) is 11.7 Å². The normalized spacial score (nSPS) is 13.4. The maximum atomic E-state index is 11.3. The molecule has 0 bridgehead atoms. The van der Waals surface area contributed by atoms with Crippen molar-refractivity contribution in [2.75, 3.05) is 0 Å². The van der Waals surface area contributed by atoms with Gasteiger partial charge in [-0.25, -0.2) is 9.59 Å². The highest BCUT2D eigenvalue weighted by molar-refractivity contribution is 5.85. The number of carbonyl (C=O) groups excluding carboxylic acids is 2. The van der Waals surface area contributed by atoms with Gasteiger partial charge in [-0.3, -0.25) is 0 Å². The molecule has 1 atom stereocenters. The summed E-state index contributed by atoms with van der Waals surface area (Å²) in [6, 6.07) is -0.785. The van der Waals surface area contributed by atoms with E-state index >= 15 is 0 Å². The van der Waals surface area contributed by atoms with E-state index in [-0.39, 0.29) is 5.92 Å². The van der Waals surface area contributed by atoms with E-state index in [1.165, 1.54) is 0 Å². The Balaban J connectivity index is 4.10.